The third kappa shape index (κ3) is 1.31. The second kappa shape index (κ2) is 3.64. The molecule has 2 nitrogen and oxygen atoms in total. The molecule has 72 valence electrons. The Morgan fingerprint density at radius 1 is 1.43 bits per heavy atom. The predicted octanol–water partition coefficient (Wildman–Crippen LogP) is 3.64. The first-order valence-corrected chi connectivity index (χ1v) is 4.90. The summed E-state index contributed by atoms with van der Waals surface area (Å²) in [6, 6.07) is 5.26. The van der Waals surface area contributed by atoms with Gasteiger partial charge in [0, 0.05) is 5.39 Å². The molecule has 14 heavy (non-hydrogen) atoms. The van der Waals surface area contributed by atoms with E-state index in [1.165, 1.54) is 0 Å². The van der Waals surface area contributed by atoms with Gasteiger partial charge in [0.1, 0.15) is 5.76 Å². The fraction of sp³-hybridized carbons (Fsp3) is 0.100. The Bertz CT molecular complexity index is 488. The molecule has 0 aliphatic heterocycles. The lowest BCUT2D eigenvalue weighted by Crippen LogP contribution is -1.82. The van der Waals surface area contributed by atoms with Crippen LogP contribution in [-0.2, 0) is 5.88 Å². The highest BCUT2D eigenvalue weighted by atomic mass is 35.5. The number of halogens is 2. The van der Waals surface area contributed by atoms with Crippen molar-refractivity contribution < 1.29 is 9.21 Å². The predicted molar refractivity (Wildman–Crippen MR) is 56.2 cm³/mol. The Kier molecular flexibility index (Phi) is 2.48. The van der Waals surface area contributed by atoms with Crippen LogP contribution in [0.15, 0.2) is 22.6 Å². The summed E-state index contributed by atoms with van der Waals surface area (Å²) in [5.74, 6) is 0.629. The van der Waals surface area contributed by atoms with Gasteiger partial charge in [-0.25, -0.2) is 0 Å². The molecule has 1 aromatic carbocycles. The number of hydrogen-bond donors (Lipinski definition) is 0. The monoisotopic (exact) mass is 228 g/mol. The van der Waals surface area contributed by atoms with Crippen molar-refractivity contribution in [1.82, 2.24) is 0 Å². The van der Waals surface area contributed by atoms with Gasteiger partial charge < -0.3 is 4.42 Å². The zero-order valence-electron chi connectivity index (χ0n) is 7.09. The number of carbonyl (C=O) groups is 1. The summed E-state index contributed by atoms with van der Waals surface area (Å²) in [5, 5.41) is 1.20. The zero-order valence-corrected chi connectivity index (χ0v) is 8.60. The van der Waals surface area contributed by atoms with Crippen LogP contribution in [0.25, 0.3) is 11.0 Å². The molecule has 0 spiro atoms. The second-order valence-corrected chi connectivity index (χ2v) is 3.48. The van der Waals surface area contributed by atoms with E-state index in [2.05, 4.69) is 0 Å². The van der Waals surface area contributed by atoms with Crippen LogP contribution in [0.5, 0.6) is 0 Å². The van der Waals surface area contributed by atoms with E-state index in [0.29, 0.717) is 27.3 Å². The Morgan fingerprint density at radius 3 is 2.86 bits per heavy atom. The highest BCUT2D eigenvalue weighted by molar-refractivity contribution is 6.35. The number of para-hydroxylation sites is 1. The summed E-state index contributed by atoms with van der Waals surface area (Å²) in [6.07, 6.45) is 0.736. The summed E-state index contributed by atoms with van der Waals surface area (Å²) >= 11 is 11.5. The summed E-state index contributed by atoms with van der Waals surface area (Å²) in [6.45, 7) is 0. The van der Waals surface area contributed by atoms with Gasteiger partial charge in [0.05, 0.1) is 16.5 Å². The van der Waals surface area contributed by atoms with Crippen molar-refractivity contribution in [2.75, 3.05) is 0 Å². The fourth-order valence-electron chi connectivity index (χ4n) is 1.38. The van der Waals surface area contributed by atoms with Gasteiger partial charge in [-0.15, -0.1) is 11.6 Å². The molecule has 4 heteroatoms. The van der Waals surface area contributed by atoms with Crippen molar-refractivity contribution in [2.45, 2.75) is 5.88 Å². The van der Waals surface area contributed by atoms with E-state index in [9.17, 15) is 4.79 Å². The normalized spacial score (nSPS) is 10.7. The molecule has 2 rings (SSSR count). The van der Waals surface area contributed by atoms with Gasteiger partial charge in [-0.2, -0.15) is 0 Å². The maximum Gasteiger partial charge on any atom is 0.154 e. The Labute approximate surface area is 90.4 Å². The molecule has 0 fully saturated rings. The summed E-state index contributed by atoms with van der Waals surface area (Å²) in [4.78, 5) is 10.8. The van der Waals surface area contributed by atoms with E-state index in [1.807, 2.05) is 0 Å². The number of carbonyl (C=O) groups excluding carboxylic acids is 1. The maximum atomic E-state index is 10.8. The first-order valence-electron chi connectivity index (χ1n) is 3.99. The molecule has 0 amide bonds. The van der Waals surface area contributed by atoms with E-state index in [4.69, 9.17) is 27.6 Å². The fourth-order valence-corrected chi connectivity index (χ4v) is 1.79. The van der Waals surface area contributed by atoms with Crippen LogP contribution in [0.2, 0.25) is 5.02 Å². The van der Waals surface area contributed by atoms with E-state index in [1.54, 1.807) is 18.2 Å². The molecule has 0 aliphatic rings. The van der Waals surface area contributed by atoms with Gasteiger partial charge in [0.15, 0.2) is 11.9 Å². The molecule has 0 aliphatic carbocycles. The number of furan rings is 1. The van der Waals surface area contributed by atoms with Crippen LogP contribution in [-0.4, -0.2) is 6.29 Å². The van der Waals surface area contributed by atoms with Crippen molar-refractivity contribution in [3.8, 4) is 0 Å². The third-order valence-electron chi connectivity index (χ3n) is 2.02. The quantitative estimate of drug-likeness (QED) is 0.581. The minimum Gasteiger partial charge on any atom is -0.457 e. The average Bonchev–Trinajstić information content (AvgIpc) is 2.57. The largest absolute Gasteiger partial charge is 0.457 e. The molecule has 0 saturated carbocycles. The van der Waals surface area contributed by atoms with Crippen molar-refractivity contribution in [3.63, 3.8) is 0 Å². The molecule has 0 unspecified atom stereocenters. The van der Waals surface area contributed by atoms with Crippen molar-refractivity contribution in [3.05, 3.63) is 34.5 Å². The van der Waals surface area contributed by atoms with Gasteiger partial charge >= 0.3 is 0 Å². The minimum atomic E-state index is 0.166. The number of benzene rings is 1. The Balaban J connectivity index is 2.86. The SMILES string of the molecule is O=Cc1c(CCl)oc2c(Cl)cccc12. The molecular weight excluding hydrogens is 223 g/mol. The summed E-state index contributed by atoms with van der Waals surface area (Å²) in [5.41, 5.74) is 1.00. The van der Waals surface area contributed by atoms with Gasteiger partial charge in [0.25, 0.3) is 0 Å². The van der Waals surface area contributed by atoms with Gasteiger partial charge in [-0.05, 0) is 6.07 Å². The van der Waals surface area contributed by atoms with Gasteiger partial charge in [-0.1, -0.05) is 23.7 Å². The molecule has 0 radical (unpaired) electrons. The number of alkyl halides is 1. The molecule has 0 atom stereocenters. The highest BCUT2D eigenvalue weighted by Crippen LogP contribution is 2.30. The molecule has 1 heterocycles. The first kappa shape index (κ1) is 9.56. The molecule has 0 N–H and O–H groups in total. The zero-order chi connectivity index (χ0) is 10.1. The van der Waals surface area contributed by atoms with Gasteiger partial charge in [-0.3, -0.25) is 4.79 Å². The van der Waals surface area contributed by atoms with Gasteiger partial charge in [0.2, 0.25) is 0 Å². The molecule has 0 bridgehead atoms. The Hall–Kier alpha value is -0.990. The van der Waals surface area contributed by atoms with Crippen molar-refractivity contribution in [2.24, 2.45) is 0 Å². The highest BCUT2D eigenvalue weighted by Gasteiger charge is 2.14. The van der Waals surface area contributed by atoms with Crippen LogP contribution in [0.1, 0.15) is 16.1 Å². The minimum absolute atomic E-state index is 0.166. The van der Waals surface area contributed by atoms with Crippen LogP contribution in [0.3, 0.4) is 0 Å². The van der Waals surface area contributed by atoms with E-state index in [-0.39, 0.29) is 5.88 Å². The molecular formula is C10H6Cl2O2. The second-order valence-electron chi connectivity index (χ2n) is 2.81. The number of aldehydes is 1. The lowest BCUT2D eigenvalue weighted by atomic mass is 10.1. The Morgan fingerprint density at radius 2 is 2.21 bits per heavy atom. The van der Waals surface area contributed by atoms with Crippen LogP contribution in [0, 0.1) is 0 Å². The number of fused-ring (bicyclic) bond motifs is 1. The van der Waals surface area contributed by atoms with Crippen LogP contribution in [0.4, 0.5) is 0 Å². The number of rotatable bonds is 2. The van der Waals surface area contributed by atoms with Crippen molar-refractivity contribution >= 4 is 40.5 Å². The lowest BCUT2D eigenvalue weighted by Gasteiger charge is -1.89. The molecule has 2 aromatic rings. The molecule has 0 saturated heterocycles. The van der Waals surface area contributed by atoms with E-state index < -0.39 is 0 Å². The maximum absolute atomic E-state index is 10.8. The average molecular weight is 229 g/mol. The van der Waals surface area contributed by atoms with Crippen LogP contribution < -0.4 is 0 Å². The lowest BCUT2D eigenvalue weighted by molar-refractivity contribution is 0.112. The van der Waals surface area contributed by atoms with E-state index >= 15 is 0 Å². The molecule has 1 aromatic heterocycles. The van der Waals surface area contributed by atoms with E-state index in [0.717, 1.165) is 6.29 Å². The van der Waals surface area contributed by atoms with Crippen LogP contribution >= 0.6 is 23.2 Å². The van der Waals surface area contributed by atoms with Crippen molar-refractivity contribution in [1.29, 1.82) is 0 Å². The smallest absolute Gasteiger partial charge is 0.154 e. The first-order chi connectivity index (χ1) is 6.77. The standard InChI is InChI=1S/C10H6Cl2O2/c11-4-9-7(5-13)6-2-1-3-8(12)10(6)14-9/h1-3,5H,4H2. The third-order valence-corrected chi connectivity index (χ3v) is 2.56. The topological polar surface area (TPSA) is 30.2 Å². The summed E-state index contributed by atoms with van der Waals surface area (Å²) < 4.78 is 5.37. The number of hydrogen-bond acceptors (Lipinski definition) is 2. The summed E-state index contributed by atoms with van der Waals surface area (Å²) in [7, 11) is 0.